The van der Waals surface area contributed by atoms with Gasteiger partial charge in [-0.2, -0.15) is 0 Å². The van der Waals surface area contributed by atoms with Gasteiger partial charge in [-0.05, 0) is 19.3 Å². The Bertz CT molecular complexity index is 118. The van der Waals surface area contributed by atoms with Crippen LogP contribution in [-0.2, 0) is 0 Å². The highest BCUT2D eigenvalue weighted by atomic mass is 13.8. The number of allylic oxidation sites excluding steroid dienone is 5. The van der Waals surface area contributed by atoms with Crippen molar-refractivity contribution in [2.45, 2.75) is 26.2 Å². The second kappa shape index (κ2) is 8.22. The lowest BCUT2D eigenvalue weighted by molar-refractivity contribution is 1.19. The van der Waals surface area contributed by atoms with Crippen molar-refractivity contribution in [3.63, 3.8) is 0 Å². The van der Waals surface area contributed by atoms with Crippen LogP contribution in [0.3, 0.4) is 0 Å². The quantitative estimate of drug-likeness (QED) is 0.508. The normalized spacial score (nSPS) is 11.3. The number of rotatable bonds is 5. The zero-order chi connectivity index (χ0) is 7.66. The third-order valence-corrected chi connectivity index (χ3v) is 1.14. The van der Waals surface area contributed by atoms with Crippen LogP contribution in [0.5, 0.6) is 0 Å². The predicted octanol–water partition coefficient (Wildman–Crippen LogP) is 3.48. The summed E-state index contributed by atoms with van der Waals surface area (Å²) in [6.07, 6.45) is 13.7. The summed E-state index contributed by atoms with van der Waals surface area (Å²) < 4.78 is 0. The molecule has 0 aliphatic carbocycles. The fraction of sp³-hybridized carbons (Fsp3) is 0.400. The molecule has 0 saturated heterocycles. The van der Waals surface area contributed by atoms with E-state index in [2.05, 4.69) is 37.8 Å². The minimum absolute atomic E-state index is 0.986. The summed E-state index contributed by atoms with van der Waals surface area (Å²) in [5.41, 5.74) is 0. The average Bonchev–Trinajstić information content (AvgIpc) is 1.97. The lowest BCUT2D eigenvalue weighted by Gasteiger charge is -1.80. The summed E-state index contributed by atoms with van der Waals surface area (Å²) in [7, 11) is 0. The van der Waals surface area contributed by atoms with Gasteiger partial charge in [0.25, 0.3) is 0 Å². The van der Waals surface area contributed by atoms with Crippen LogP contribution in [-0.4, -0.2) is 0 Å². The first-order chi connectivity index (χ1) is 4.91. The molecule has 0 aromatic carbocycles. The summed E-state index contributed by atoms with van der Waals surface area (Å²) in [5, 5.41) is 0. The van der Waals surface area contributed by atoms with Crippen molar-refractivity contribution >= 4 is 0 Å². The molecule has 0 amide bonds. The third kappa shape index (κ3) is 7.22. The van der Waals surface area contributed by atoms with E-state index in [1.54, 1.807) is 0 Å². The fourth-order valence-corrected chi connectivity index (χ4v) is 0.630. The summed E-state index contributed by atoms with van der Waals surface area (Å²) >= 11 is 0. The molecule has 0 bridgehead atoms. The van der Waals surface area contributed by atoms with Gasteiger partial charge < -0.3 is 0 Å². The molecule has 0 rings (SSSR count). The average molecular weight is 136 g/mol. The van der Waals surface area contributed by atoms with Crippen LogP contribution >= 0.6 is 0 Å². The lowest BCUT2D eigenvalue weighted by atomic mass is 10.3. The molecule has 0 N–H and O–H groups in total. The van der Waals surface area contributed by atoms with Crippen molar-refractivity contribution in [2.75, 3.05) is 0 Å². The molecule has 0 heteroatoms. The van der Waals surface area contributed by atoms with E-state index in [-0.39, 0.29) is 0 Å². The van der Waals surface area contributed by atoms with Gasteiger partial charge in [-0.3, -0.25) is 0 Å². The first-order valence-electron chi connectivity index (χ1n) is 3.82. The maximum absolute atomic E-state index is 3.63. The number of hydrogen-bond acceptors (Lipinski definition) is 0. The summed E-state index contributed by atoms with van der Waals surface area (Å²) in [6, 6.07) is 0. The van der Waals surface area contributed by atoms with Gasteiger partial charge in [-0.1, -0.05) is 37.3 Å². The van der Waals surface area contributed by atoms with Crippen LogP contribution in [0, 0.1) is 0 Å². The molecule has 0 saturated carbocycles. The van der Waals surface area contributed by atoms with Gasteiger partial charge in [0.15, 0.2) is 0 Å². The molecule has 0 aliphatic rings. The van der Waals surface area contributed by atoms with Gasteiger partial charge in [0.1, 0.15) is 0 Å². The van der Waals surface area contributed by atoms with Gasteiger partial charge >= 0.3 is 0 Å². The SMILES string of the molecule is C=CC/C=C/C/C=C/CC. The van der Waals surface area contributed by atoms with E-state index >= 15 is 0 Å². The van der Waals surface area contributed by atoms with Crippen molar-refractivity contribution in [1.29, 1.82) is 0 Å². The van der Waals surface area contributed by atoms with Crippen LogP contribution < -0.4 is 0 Å². The van der Waals surface area contributed by atoms with E-state index in [0.717, 1.165) is 19.3 Å². The predicted molar refractivity (Wildman–Crippen MR) is 48.0 cm³/mol. The first-order valence-corrected chi connectivity index (χ1v) is 3.82. The Morgan fingerprint density at radius 2 is 1.60 bits per heavy atom. The summed E-state index contributed by atoms with van der Waals surface area (Å²) in [5.74, 6) is 0. The summed E-state index contributed by atoms with van der Waals surface area (Å²) in [6.45, 7) is 5.77. The largest absolute Gasteiger partial charge is 0.103 e. The second-order valence-electron chi connectivity index (χ2n) is 2.11. The van der Waals surface area contributed by atoms with E-state index in [0.29, 0.717) is 0 Å². The molecule has 0 radical (unpaired) electrons. The Hall–Kier alpha value is -0.780. The van der Waals surface area contributed by atoms with Crippen molar-refractivity contribution < 1.29 is 0 Å². The zero-order valence-corrected chi connectivity index (χ0v) is 6.72. The zero-order valence-electron chi connectivity index (χ0n) is 6.72. The molecule has 0 spiro atoms. The minimum Gasteiger partial charge on any atom is -0.103 e. The van der Waals surface area contributed by atoms with Gasteiger partial charge in [-0.25, -0.2) is 0 Å². The monoisotopic (exact) mass is 136 g/mol. The van der Waals surface area contributed by atoms with Gasteiger partial charge in [0, 0.05) is 0 Å². The van der Waals surface area contributed by atoms with E-state index < -0.39 is 0 Å². The highest BCUT2D eigenvalue weighted by Gasteiger charge is 1.69. The second-order valence-corrected chi connectivity index (χ2v) is 2.11. The third-order valence-electron chi connectivity index (χ3n) is 1.14. The molecular weight excluding hydrogens is 120 g/mol. The molecule has 0 unspecified atom stereocenters. The van der Waals surface area contributed by atoms with Crippen molar-refractivity contribution in [3.8, 4) is 0 Å². The van der Waals surface area contributed by atoms with Crippen molar-refractivity contribution in [3.05, 3.63) is 37.0 Å². The van der Waals surface area contributed by atoms with Gasteiger partial charge in [0.2, 0.25) is 0 Å². The Kier molecular flexibility index (Phi) is 7.58. The van der Waals surface area contributed by atoms with Crippen LogP contribution in [0.1, 0.15) is 26.2 Å². The van der Waals surface area contributed by atoms with Crippen LogP contribution in [0.2, 0.25) is 0 Å². The molecule has 0 atom stereocenters. The Labute approximate surface area is 64.0 Å². The smallest absolute Gasteiger partial charge is 0.0169 e. The van der Waals surface area contributed by atoms with Crippen LogP contribution in [0.4, 0.5) is 0 Å². The molecule has 10 heavy (non-hydrogen) atoms. The lowest BCUT2D eigenvalue weighted by Crippen LogP contribution is -1.59. The summed E-state index contributed by atoms with van der Waals surface area (Å²) in [4.78, 5) is 0. The molecule has 0 nitrogen and oxygen atoms in total. The molecular formula is C10H16. The first kappa shape index (κ1) is 9.22. The van der Waals surface area contributed by atoms with E-state index in [4.69, 9.17) is 0 Å². The molecule has 0 heterocycles. The molecule has 0 fully saturated rings. The maximum Gasteiger partial charge on any atom is -0.0169 e. The van der Waals surface area contributed by atoms with E-state index in [9.17, 15) is 0 Å². The standard InChI is InChI=1S/C10H16/c1-3-5-7-9-10-8-6-4-2/h3,6-9H,1,4-5,10H2,2H3/b8-6+,9-7+. The Balaban J connectivity index is 3.17. The molecule has 0 aliphatic heterocycles. The highest BCUT2D eigenvalue weighted by Crippen LogP contribution is 1.90. The molecule has 56 valence electrons. The minimum atomic E-state index is 0.986. The molecule has 0 aromatic heterocycles. The van der Waals surface area contributed by atoms with Gasteiger partial charge in [0.05, 0.1) is 0 Å². The van der Waals surface area contributed by atoms with E-state index in [1.165, 1.54) is 0 Å². The Morgan fingerprint density at radius 3 is 2.20 bits per heavy atom. The molecule has 0 aromatic rings. The fourth-order valence-electron chi connectivity index (χ4n) is 0.630. The van der Waals surface area contributed by atoms with Gasteiger partial charge in [-0.15, -0.1) is 6.58 Å². The number of hydrogen-bond donors (Lipinski definition) is 0. The Morgan fingerprint density at radius 1 is 1.00 bits per heavy atom. The highest BCUT2D eigenvalue weighted by molar-refractivity contribution is 4.94. The van der Waals surface area contributed by atoms with Crippen LogP contribution in [0.25, 0.3) is 0 Å². The van der Waals surface area contributed by atoms with E-state index in [1.807, 2.05) is 6.08 Å². The van der Waals surface area contributed by atoms with Crippen molar-refractivity contribution in [2.24, 2.45) is 0 Å². The topological polar surface area (TPSA) is 0 Å². The van der Waals surface area contributed by atoms with Crippen molar-refractivity contribution in [1.82, 2.24) is 0 Å². The van der Waals surface area contributed by atoms with Crippen LogP contribution in [0.15, 0.2) is 37.0 Å². The maximum atomic E-state index is 3.63.